The number of rotatable bonds is 7. The van der Waals surface area contributed by atoms with Gasteiger partial charge in [-0.15, -0.1) is 0 Å². The maximum atomic E-state index is 14.2. The number of fused-ring (bicyclic) bond motifs is 1. The Hall–Kier alpha value is -3.05. The normalized spacial score (nSPS) is 31.7. The number of hydrogen-bond donors (Lipinski definition) is 3. The van der Waals surface area contributed by atoms with Gasteiger partial charge in [0.05, 0.1) is 11.5 Å². The summed E-state index contributed by atoms with van der Waals surface area (Å²) in [4.78, 5) is 52.2. The highest BCUT2D eigenvalue weighted by atomic mass is 19.4. The van der Waals surface area contributed by atoms with Crippen LogP contribution in [0.4, 0.5) is 26.3 Å². The van der Waals surface area contributed by atoms with Crippen LogP contribution in [0.1, 0.15) is 58.8 Å². The molecule has 2 aliphatic heterocycles. The van der Waals surface area contributed by atoms with E-state index in [0.29, 0.717) is 6.42 Å². The van der Waals surface area contributed by atoms with Crippen molar-refractivity contribution in [1.82, 2.24) is 20.9 Å². The maximum Gasteiger partial charge on any atom is 0.471 e. The molecule has 3 saturated carbocycles. The first-order valence-corrected chi connectivity index (χ1v) is 13.6. The van der Waals surface area contributed by atoms with Crippen LogP contribution in [0.2, 0.25) is 0 Å². The molecule has 6 unspecified atom stereocenters. The van der Waals surface area contributed by atoms with Gasteiger partial charge in [0.15, 0.2) is 0 Å². The molecule has 5 aliphatic rings. The third-order valence-electron chi connectivity index (χ3n) is 10.1. The molecule has 0 radical (unpaired) electrons. The summed E-state index contributed by atoms with van der Waals surface area (Å²) in [5.41, 5.74) is -3.66. The van der Waals surface area contributed by atoms with E-state index in [1.165, 1.54) is 5.32 Å². The number of hydrogen-bond acceptors (Lipinski definition) is 5. The van der Waals surface area contributed by atoms with E-state index in [-0.39, 0.29) is 36.8 Å². The van der Waals surface area contributed by atoms with Crippen LogP contribution in [0.15, 0.2) is 0 Å². The van der Waals surface area contributed by atoms with Crippen molar-refractivity contribution < 1.29 is 45.5 Å². The number of amides is 4. The fourth-order valence-electron chi connectivity index (χ4n) is 7.26. The van der Waals surface area contributed by atoms with Crippen molar-refractivity contribution in [1.29, 1.82) is 5.26 Å². The Morgan fingerprint density at radius 1 is 1.10 bits per heavy atom. The zero-order chi connectivity index (χ0) is 30.3. The van der Waals surface area contributed by atoms with E-state index in [0.717, 1.165) is 17.7 Å². The number of likely N-dealkylation sites (tertiary alicyclic amines) is 1. The molecule has 9 nitrogen and oxygen atoms in total. The second kappa shape index (κ2) is 9.22. The quantitative estimate of drug-likeness (QED) is 0.391. The molecule has 1 spiro atoms. The minimum Gasteiger partial charge on any atom is -0.350 e. The molecule has 3 aliphatic carbocycles. The van der Waals surface area contributed by atoms with Crippen LogP contribution < -0.4 is 16.0 Å². The minimum absolute atomic E-state index is 0.00454. The fraction of sp³-hybridized carbons (Fsp3) is 0.808. The van der Waals surface area contributed by atoms with Crippen molar-refractivity contribution in [2.75, 3.05) is 6.54 Å². The molecular weight excluding hydrogens is 560 g/mol. The molecule has 226 valence electrons. The van der Waals surface area contributed by atoms with Crippen LogP contribution in [0.3, 0.4) is 0 Å². The average Bonchev–Trinajstić information content (AvgIpc) is 3.54. The van der Waals surface area contributed by atoms with Gasteiger partial charge in [0.2, 0.25) is 17.7 Å². The Balaban J connectivity index is 1.38. The summed E-state index contributed by atoms with van der Waals surface area (Å²) < 4.78 is 82.0. The summed E-state index contributed by atoms with van der Waals surface area (Å²) in [6.07, 6.45) is -9.81. The number of nitrogens with one attached hydrogen (secondary N) is 3. The SMILES string of the molecule is CC1(C)C2CN(C(=O)C(NC(=O)C(F)(F)F)C3(C(F)(F)F)CCC3)C(C(=O)NC(C#N)CC3CC4(CC4)NC3=O)C21. The molecule has 6 atom stereocenters. The van der Waals surface area contributed by atoms with Crippen LogP contribution in [0, 0.1) is 39.9 Å². The number of nitriles is 1. The molecule has 4 amide bonds. The van der Waals surface area contributed by atoms with Crippen molar-refractivity contribution in [3.05, 3.63) is 0 Å². The van der Waals surface area contributed by atoms with Crippen LogP contribution in [-0.2, 0) is 19.2 Å². The van der Waals surface area contributed by atoms with Crippen LogP contribution in [0.5, 0.6) is 0 Å². The molecule has 15 heteroatoms. The smallest absolute Gasteiger partial charge is 0.350 e. The number of nitrogens with zero attached hydrogens (tertiary/aromatic N) is 2. The van der Waals surface area contributed by atoms with E-state index < -0.39 is 83.7 Å². The van der Waals surface area contributed by atoms with Gasteiger partial charge in [-0.3, -0.25) is 19.2 Å². The van der Waals surface area contributed by atoms with Gasteiger partial charge >= 0.3 is 18.3 Å². The van der Waals surface area contributed by atoms with E-state index >= 15 is 0 Å². The van der Waals surface area contributed by atoms with Crippen molar-refractivity contribution in [2.24, 2.45) is 28.6 Å². The van der Waals surface area contributed by atoms with E-state index in [9.17, 15) is 50.8 Å². The Bertz CT molecular complexity index is 1200. The standard InChI is InChI=1S/C26H31F6N5O4/c1-22(2)14-11-37(20(40)17(35-21(41)25(27,28)29)24(4-3-5-24)26(30,31)32)16(15(14)22)19(39)34-13(10-33)8-12-9-23(6-7-23)36-18(12)38/h12-17H,3-9,11H2,1-2H3,(H,34,39)(H,35,41)(H,36,38). The van der Waals surface area contributed by atoms with E-state index in [1.807, 2.05) is 6.07 Å². The molecular formula is C26H31F6N5O4. The number of carbonyl (C=O) groups excluding carboxylic acids is 4. The molecule has 0 aromatic heterocycles. The summed E-state index contributed by atoms with van der Waals surface area (Å²) >= 11 is 0. The zero-order valence-corrected chi connectivity index (χ0v) is 22.4. The van der Waals surface area contributed by atoms with E-state index in [4.69, 9.17) is 0 Å². The first-order valence-electron chi connectivity index (χ1n) is 13.6. The molecule has 0 aromatic rings. The fourth-order valence-corrected chi connectivity index (χ4v) is 7.26. The predicted molar refractivity (Wildman–Crippen MR) is 127 cm³/mol. The molecule has 41 heavy (non-hydrogen) atoms. The van der Waals surface area contributed by atoms with Gasteiger partial charge in [-0.05, 0) is 55.8 Å². The molecule has 0 aromatic carbocycles. The molecule has 5 fully saturated rings. The molecule has 3 N–H and O–H groups in total. The molecule has 0 bridgehead atoms. The van der Waals surface area contributed by atoms with Gasteiger partial charge in [-0.2, -0.15) is 31.6 Å². The minimum atomic E-state index is -5.54. The Morgan fingerprint density at radius 3 is 2.20 bits per heavy atom. The third kappa shape index (κ3) is 4.80. The second-order valence-corrected chi connectivity index (χ2v) is 12.9. The maximum absolute atomic E-state index is 14.2. The molecule has 5 rings (SSSR count). The highest BCUT2D eigenvalue weighted by molar-refractivity contribution is 5.95. The average molecular weight is 592 g/mol. The number of carbonyl (C=O) groups is 4. The Morgan fingerprint density at radius 2 is 1.73 bits per heavy atom. The second-order valence-electron chi connectivity index (χ2n) is 12.9. The third-order valence-corrected chi connectivity index (χ3v) is 10.1. The van der Waals surface area contributed by atoms with Gasteiger partial charge in [-0.25, -0.2) is 0 Å². The van der Waals surface area contributed by atoms with Gasteiger partial charge in [0.1, 0.15) is 18.1 Å². The zero-order valence-electron chi connectivity index (χ0n) is 22.4. The van der Waals surface area contributed by atoms with Gasteiger partial charge in [0, 0.05) is 18.0 Å². The van der Waals surface area contributed by atoms with Gasteiger partial charge in [-0.1, -0.05) is 20.3 Å². The first-order chi connectivity index (χ1) is 18.9. The highest BCUT2D eigenvalue weighted by Gasteiger charge is 2.72. The number of halogens is 6. The van der Waals surface area contributed by atoms with Gasteiger partial charge in [0.25, 0.3) is 0 Å². The lowest BCUT2D eigenvalue weighted by atomic mass is 9.62. The van der Waals surface area contributed by atoms with E-state index in [2.05, 4.69) is 10.6 Å². The molecule has 2 heterocycles. The predicted octanol–water partition coefficient (Wildman–Crippen LogP) is 2.32. The summed E-state index contributed by atoms with van der Waals surface area (Å²) in [6, 6.07) is -3.15. The lowest BCUT2D eigenvalue weighted by Gasteiger charge is -2.49. The number of alkyl halides is 6. The lowest BCUT2D eigenvalue weighted by molar-refractivity contribution is -0.262. The summed E-state index contributed by atoms with van der Waals surface area (Å²) in [5, 5.41) is 16.4. The Labute approximate surface area is 231 Å². The first kappa shape index (κ1) is 29.4. The largest absolute Gasteiger partial charge is 0.471 e. The number of piperidine rings is 1. The van der Waals surface area contributed by atoms with Crippen molar-refractivity contribution >= 4 is 23.6 Å². The van der Waals surface area contributed by atoms with Crippen LogP contribution >= 0.6 is 0 Å². The summed E-state index contributed by atoms with van der Waals surface area (Å²) in [6.45, 7) is 3.41. The summed E-state index contributed by atoms with van der Waals surface area (Å²) in [5.74, 6) is -6.52. The Kier molecular flexibility index (Phi) is 6.62. The van der Waals surface area contributed by atoms with Crippen LogP contribution in [-0.4, -0.2) is 71.1 Å². The monoisotopic (exact) mass is 591 g/mol. The van der Waals surface area contributed by atoms with Gasteiger partial charge < -0.3 is 20.9 Å². The van der Waals surface area contributed by atoms with Crippen molar-refractivity contribution in [3.63, 3.8) is 0 Å². The van der Waals surface area contributed by atoms with Crippen LogP contribution in [0.25, 0.3) is 0 Å². The summed E-state index contributed by atoms with van der Waals surface area (Å²) in [7, 11) is 0. The highest BCUT2D eigenvalue weighted by Crippen LogP contribution is 2.65. The molecule has 2 saturated heterocycles. The van der Waals surface area contributed by atoms with Crippen molar-refractivity contribution in [3.8, 4) is 6.07 Å². The lowest BCUT2D eigenvalue weighted by Crippen LogP contribution is -2.67. The van der Waals surface area contributed by atoms with Crippen molar-refractivity contribution in [2.45, 2.75) is 94.8 Å². The topological polar surface area (TPSA) is 131 Å². The van der Waals surface area contributed by atoms with E-state index in [1.54, 1.807) is 13.8 Å².